The lowest BCUT2D eigenvalue weighted by molar-refractivity contribution is 0.0696. The van der Waals surface area contributed by atoms with Crippen LogP contribution >= 0.6 is 0 Å². The minimum atomic E-state index is -4.35. The number of anilines is 2. The van der Waals surface area contributed by atoms with Crippen LogP contribution in [-0.2, 0) is 14.8 Å². The molecule has 0 saturated carbocycles. The van der Waals surface area contributed by atoms with E-state index in [9.17, 15) is 31.9 Å². The summed E-state index contributed by atoms with van der Waals surface area (Å²) in [6.07, 6.45) is -0.451. The number of benzene rings is 2. The first-order valence-corrected chi connectivity index (χ1v) is 11.1. The lowest BCUT2D eigenvalue weighted by Gasteiger charge is -2.36. The standard InChI is InChI=1S/C20H21F2N3O6S/c1-2-31-20(28)25-9-7-24(8-10-25)18-6-3-13(19(26)27)11-17(18)23-32(29,30)14-4-5-15(21)16(22)12-14/h3-6,11-12,23H,2,7-10H2,1H3,(H,26,27). The van der Waals surface area contributed by atoms with Gasteiger partial charge in [0, 0.05) is 26.2 Å². The van der Waals surface area contributed by atoms with Crippen molar-refractivity contribution in [2.45, 2.75) is 11.8 Å². The monoisotopic (exact) mass is 469 g/mol. The van der Waals surface area contributed by atoms with Crippen molar-refractivity contribution in [1.29, 1.82) is 0 Å². The summed E-state index contributed by atoms with van der Waals surface area (Å²) < 4.78 is 59.5. The average Bonchev–Trinajstić information content (AvgIpc) is 2.75. The molecule has 2 aromatic carbocycles. The molecule has 1 heterocycles. The summed E-state index contributed by atoms with van der Waals surface area (Å²) >= 11 is 0. The molecule has 0 atom stereocenters. The van der Waals surface area contributed by atoms with E-state index < -0.39 is 38.6 Å². The first-order chi connectivity index (χ1) is 15.1. The van der Waals surface area contributed by atoms with E-state index in [0.29, 0.717) is 44.0 Å². The number of piperazine rings is 1. The molecule has 1 amide bonds. The molecular weight excluding hydrogens is 448 g/mol. The van der Waals surface area contributed by atoms with Gasteiger partial charge < -0.3 is 19.6 Å². The van der Waals surface area contributed by atoms with Crippen molar-refractivity contribution in [2.24, 2.45) is 0 Å². The predicted octanol–water partition coefficient (Wildman–Crippen LogP) is 2.74. The molecule has 12 heteroatoms. The van der Waals surface area contributed by atoms with Crippen LogP contribution in [0, 0.1) is 11.6 Å². The number of sulfonamides is 1. The van der Waals surface area contributed by atoms with Gasteiger partial charge >= 0.3 is 12.1 Å². The zero-order chi connectivity index (χ0) is 23.5. The van der Waals surface area contributed by atoms with Crippen LogP contribution in [0.3, 0.4) is 0 Å². The molecule has 2 aromatic rings. The van der Waals surface area contributed by atoms with Crippen molar-refractivity contribution in [3.8, 4) is 0 Å². The second-order valence-electron chi connectivity index (χ2n) is 6.89. The fourth-order valence-corrected chi connectivity index (χ4v) is 4.30. The Balaban J connectivity index is 1.90. The third-order valence-electron chi connectivity index (χ3n) is 4.84. The van der Waals surface area contributed by atoms with Gasteiger partial charge in [-0.3, -0.25) is 4.72 Å². The molecule has 1 aliphatic heterocycles. The number of hydrogen-bond acceptors (Lipinski definition) is 6. The molecule has 0 bridgehead atoms. The number of halogens is 2. The van der Waals surface area contributed by atoms with E-state index in [1.807, 2.05) is 0 Å². The van der Waals surface area contributed by atoms with E-state index in [4.69, 9.17) is 4.74 Å². The Morgan fingerprint density at radius 2 is 1.75 bits per heavy atom. The van der Waals surface area contributed by atoms with Crippen molar-refractivity contribution >= 4 is 33.5 Å². The number of aromatic carboxylic acids is 1. The number of nitrogens with one attached hydrogen (secondary N) is 1. The van der Waals surface area contributed by atoms with Crippen LogP contribution in [0.15, 0.2) is 41.3 Å². The minimum Gasteiger partial charge on any atom is -0.478 e. The van der Waals surface area contributed by atoms with E-state index in [1.165, 1.54) is 17.0 Å². The Morgan fingerprint density at radius 3 is 2.34 bits per heavy atom. The molecule has 1 fully saturated rings. The van der Waals surface area contributed by atoms with E-state index in [2.05, 4.69) is 4.72 Å². The number of nitrogens with zero attached hydrogens (tertiary/aromatic N) is 2. The summed E-state index contributed by atoms with van der Waals surface area (Å²) in [6.45, 7) is 3.25. The highest BCUT2D eigenvalue weighted by molar-refractivity contribution is 7.92. The van der Waals surface area contributed by atoms with E-state index in [-0.39, 0.29) is 17.9 Å². The molecule has 2 N–H and O–H groups in total. The minimum absolute atomic E-state index is 0.0424. The highest BCUT2D eigenvalue weighted by Crippen LogP contribution is 2.31. The molecule has 1 saturated heterocycles. The Kier molecular flexibility index (Phi) is 6.82. The van der Waals surface area contributed by atoms with Crippen molar-refractivity contribution in [3.05, 3.63) is 53.6 Å². The average molecular weight is 469 g/mol. The van der Waals surface area contributed by atoms with Crippen molar-refractivity contribution < 1.29 is 36.6 Å². The van der Waals surface area contributed by atoms with Crippen LogP contribution in [0.1, 0.15) is 17.3 Å². The quantitative estimate of drug-likeness (QED) is 0.668. The van der Waals surface area contributed by atoms with Crippen LogP contribution in [-0.4, -0.2) is 63.3 Å². The number of ether oxygens (including phenoxy) is 1. The van der Waals surface area contributed by atoms with Gasteiger partial charge in [-0.25, -0.2) is 26.8 Å². The molecule has 0 spiro atoms. The number of rotatable bonds is 6. The largest absolute Gasteiger partial charge is 0.478 e. The fourth-order valence-electron chi connectivity index (χ4n) is 3.22. The van der Waals surface area contributed by atoms with Crippen LogP contribution in [0.5, 0.6) is 0 Å². The first-order valence-electron chi connectivity index (χ1n) is 9.64. The summed E-state index contributed by atoms with van der Waals surface area (Å²) in [4.78, 5) is 26.1. The van der Waals surface area contributed by atoms with Gasteiger partial charge in [0.25, 0.3) is 10.0 Å². The number of carbonyl (C=O) groups excluding carboxylic acids is 1. The van der Waals surface area contributed by atoms with Gasteiger partial charge in [-0.1, -0.05) is 0 Å². The number of amides is 1. The summed E-state index contributed by atoms with van der Waals surface area (Å²) in [5, 5.41) is 9.30. The number of carboxylic acid groups (broad SMARTS) is 1. The van der Waals surface area contributed by atoms with Gasteiger partial charge in [0.15, 0.2) is 11.6 Å². The zero-order valence-electron chi connectivity index (χ0n) is 17.0. The SMILES string of the molecule is CCOC(=O)N1CCN(c2ccc(C(=O)O)cc2NS(=O)(=O)c2ccc(F)c(F)c2)CC1. The smallest absolute Gasteiger partial charge is 0.409 e. The third-order valence-corrected chi connectivity index (χ3v) is 6.20. The van der Waals surface area contributed by atoms with Gasteiger partial charge in [-0.15, -0.1) is 0 Å². The Labute approximate surface area is 183 Å². The first kappa shape index (κ1) is 23.3. The maximum atomic E-state index is 13.5. The molecule has 0 radical (unpaired) electrons. The van der Waals surface area contributed by atoms with Crippen molar-refractivity contribution in [1.82, 2.24) is 4.90 Å². The molecular formula is C20H21F2N3O6S. The van der Waals surface area contributed by atoms with Crippen LogP contribution in [0.2, 0.25) is 0 Å². The van der Waals surface area contributed by atoms with Gasteiger partial charge in [0.2, 0.25) is 0 Å². The zero-order valence-corrected chi connectivity index (χ0v) is 17.9. The lowest BCUT2D eigenvalue weighted by Crippen LogP contribution is -2.49. The van der Waals surface area contributed by atoms with Crippen LogP contribution in [0.25, 0.3) is 0 Å². The predicted molar refractivity (Wildman–Crippen MR) is 111 cm³/mol. The summed E-state index contributed by atoms with van der Waals surface area (Å²) in [5.74, 6) is -3.79. The van der Waals surface area contributed by atoms with Crippen LogP contribution < -0.4 is 9.62 Å². The third kappa shape index (κ3) is 5.07. The molecule has 9 nitrogen and oxygen atoms in total. The number of hydrogen-bond donors (Lipinski definition) is 2. The van der Waals surface area contributed by atoms with Gasteiger partial charge in [-0.2, -0.15) is 0 Å². The number of carbonyl (C=O) groups is 2. The Bertz CT molecular complexity index is 1130. The lowest BCUT2D eigenvalue weighted by atomic mass is 10.1. The molecule has 0 aromatic heterocycles. The van der Waals surface area contributed by atoms with Gasteiger partial charge in [0.05, 0.1) is 28.4 Å². The maximum Gasteiger partial charge on any atom is 0.409 e. The summed E-state index contributed by atoms with van der Waals surface area (Å²) in [7, 11) is -4.35. The highest BCUT2D eigenvalue weighted by Gasteiger charge is 2.26. The Hall–Kier alpha value is -3.41. The summed E-state index contributed by atoms with van der Waals surface area (Å²) in [5.41, 5.74) is 0.172. The molecule has 172 valence electrons. The second-order valence-corrected chi connectivity index (χ2v) is 8.57. The van der Waals surface area contributed by atoms with Crippen LogP contribution in [0.4, 0.5) is 25.0 Å². The number of carboxylic acids is 1. The van der Waals surface area contributed by atoms with E-state index >= 15 is 0 Å². The fraction of sp³-hybridized carbons (Fsp3) is 0.300. The second kappa shape index (κ2) is 9.39. The maximum absolute atomic E-state index is 13.5. The van der Waals surface area contributed by atoms with Gasteiger partial charge in [0.1, 0.15) is 0 Å². The molecule has 32 heavy (non-hydrogen) atoms. The van der Waals surface area contributed by atoms with Crippen molar-refractivity contribution in [2.75, 3.05) is 42.4 Å². The van der Waals surface area contributed by atoms with Crippen molar-refractivity contribution in [3.63, 3.8) is 0 Å². The molecule has 3 rings (SSSR count). The normalized spacial score (nSPS) is 14.2. The van der Waals surface area contributed by atoms with E-state index in [0.717, 1.165) is 12.1 Å². The highest BCUT2D eigenvalue weighted by atomic mass is 32.2. The molecule has 1 aliphatic rings. The summed E-state index contributed by atoms with van der Waals surface area (Å²) in [6, 6.07) is 6.05. The molecule has 0 unspecified atom stereocenters. The van der Waals surface area contributed by atoms with Gasteiger partial charge in [-0.05, 0) is 43.3 Å². The Morgan fingerprint density at radius 1 is 1.06 bits per heavy atom. The van der Waals surface area contributed by atoms with E-state index in [1.54, 1.807) is 11.8 Å². The topological polar surface area (TPSA) is 116 Å². The molecule has 0 aliphatic carbocycles.